The second kappa shape index (κ2) is 4.36. The molecule has 0 aliphatic heterocycles. The van der Waals surface area contributed by atoms with Gasteiger partial charge in [0, 0.05) is 17.2 Å². The lowest BCUT2D eigenvalue weighted by Crippen LogP contribution is -2.19. The van der Waals surface area contributed by atoms with Crippen LogP contribution in [-0.2, 0) is 0 Å². The third-order valence-electron chi connectivity index (χ3n) is 1.58. The molecule has 1 N–H and O–H groups in total. The highest BCUT2D eigenvalue weighted by molar-refractivity contribution is 5.92. The summed E-state index contributed by atoms with van der Waals surface area (Å²) < 4.78 is 25.2. The maximum absolute atomic E-state index is 11.5. The normalized spacial score (nSPS) is 13.3. The maximum atomic E-state index is 11.5. The Morgan fingerprint density at radius 3 is 3.00 bits per heavy atom. The lowest BCUT2D eigenvalue weighted by atomic mass is 10.3. The van der Waals surface area contributed by atoms with Crippen LogP contribution in [0.5, 0.6) is 5.88 Å². The van der Waals surface area contributed by atoms with Gasteiger partial charge < -0.3 is 10.1 Å². The fourth-order valence-electron chi connectivity index (χ4n) is 0.913. The Balaban J connectivity index is 3.06. The maximum Gasteiger partial charge on any atom is 0.330 e. The van der Waals surface area contributed by atoms with Gasteiger partial charge in [-0.1, -0.05) is 0 Å². The Bertz CT molecular complexity index is 489. The predicted molar refractivity (Wildman–Crippen MR) is 50.8 cm³/mol. The largest absolute Gasteiger partial charge is 0.476 e. The topological polar surface area (TPSA) is 94.4 Å². The van der Waals surface area contributed by atoms with Gasteiger partial charge >= 0.3 is 5.69 Å². The van der Waals surface area contributed by atoms with Crippen molar-refractivity contribution in [2.45, 2.75) is 0 Å². The number of ether oxygens (including phenoxy) is 1. The number of carbonyl (C=O) groups excluding carboxylic acids is 1. The van der Waals surface area contributed by atoms with Crippen LogP contribution in [0.2, 0.25) is 0 Å². The van der Waals surface area contributed by atoms with Gasteiger partial charge in [0.2, 0.25) is 0 Å². The fraction of sp³-hybridized carbons (Fsp3) is 0.250. The molecule has 0 atom stereocenters. The Morgan fingerprint density at radius 2 is 2.47 bits per heavy atom. The molecule has 0 spiro atoms. The molecule has 7 nitrogen and oxygen atoms in total. The van der Waals surface area contributed by atoms with Gasteiger partial charge in [0.05, 0.1) is 12.0 Å². The first kappa shape index (κ1) is 7.16. The number of nitrogens with zero attached hydrogens (tertiary/aromatic N) is 2. The average molecular weight is 214 g/mol. The number of amides is 1. The summed E-state index contributed by atoms with van der Waals surface area (Å²) in [7, 11) is 1.15. The number of hydrogen-bond acceptors (Lipinski definition) is 5. The summed E-state index contributed by atoms with van der Waals surface area (Å²) in [6.45, 7) is -2.66. The summed E-state index contributed by atoms with van der Waals surface area (Å²) in [5.41, 5.74) is -0.698. The standard InChI is InChI=1S/C8H9N3O4/c1-9-7(12)5-3-4-6(11(13)14)8(10-5)15-2/h3-4H,1-2H3,(H,9,12)/i1D3. The van der Waals surface area contributed by atoms with E-state index in [0.717, 1.165) is 19.2 Å². The number of methoxy groups -OCH3 is 1. The number of aromatic nitrogens is 1. The lowest BCUT2D eigenvalue weighted by Gasteiger charge is -2.02. The van der Waals surface area contributed by atoms with Crippen LogP contribution >= 0.6 is 0 Å². The molecule has 1 aromatic rings. The first-order valence-corrected chi connectivity index (χ1v) is 3.76. The molecular formula is C8H9N3O4. The number of carbonyl (C=O) groups is 1. The van der Waals surface area contributed by atoms with Crippen molar-refractivity contribution in [3.05, 3.63) is 27.9 Å². The fourth-order valence-corrected chi connectivity index (χ4v) is 0.913. The molecule has 0 radical (unpaired) electrons. The summed E-state index contributed by atoms with van der Waals surface area (Å²) in [6.07, 6.45) is 0. The van der Waals surface area contributed by atoms with Crippen molar-refractivity contribution in [1.29, 1.82) is 0 Å². The molecule has 0 saturated carbocycles. The van der Waals surface area contributed by atoms with Gasteiger partial charge in [-0.05, 0) is 6.07 Å². The highest BCUT2D eigenvalue weighted by atomic mass is 16.6. The van der Waals surface area contributed by atoms with E-state index in [0.29, 0.717) is 0 Å². The van der Waals surface area contributed by atoms with E-state index in [1.807, 2.05) is 0 Å². The molecule has 1 heterocycles. The van der Waals surface area contributed by atoms with Crippen molar-refractivity contribution >= 4 is 11.6 Å². The first-order valence-electron chi connectivity index (χ1n) is 5.26. The molecule has 1 rings (SSSR count). The van der Waals surface area contributed by atoms with Crippen LogP contribution in [0.15, 0.2) is 12.1 Å². The van der Waals surface area contributed by atoms with E-state index in [9.17, 15) is 14.9 Å². The molecule has 0 saturated heterocycles. The monoisotopic (exact) mass is 214 g/mol. The van der Waals surface area contributed by atoms with E-state index < -0.39 is 23.5 Å². The molecule has 1 amide bonds. The van der Waals surface area contributed by atoms with Gasteiger partial charge in [0.1, 0.15) is 5.69 Å². The van der Waals surface area contributed by atoms with Crippen LogP contribution in [0.25, 0.3) is 0 Å². The highest BCUT2D eigenvalue weighted by Crippen LogP contribution is 2.23. The van der Waals surface area contributed by atoms with Gasteiger partial charge in [-0.3, -0.25) is 14.9 Å². The first-order chi connectivity index (χ1) is 8.24. The minimum Gasteiger partial charge on any atom is -0.476 e. The zero-order chi connectivity index (χ0) is 13.9. The zero-order valence-corrected chi connectivity index (χ0v) is 7.68. The van der Waals surface area contributed by atoms with Crippen LogP contribution in [0.1, 0.15) is 14.6 Å². The zero-order valence-electron chi connectivity index (χ0n) is 10.7. The van der Waals surface area contributed by atoms with E-state index in [4.69, 9.17) is 4.11 Å². The van der Waals surface area contributed by atoms with Gasteiger partial charge in [-0.15, -0.1) is 0 Å². The van der Waals surface area contributed by atoms with Crippen LogP contribution < -0.4 is 10.1 Å². The Labute approximate surface area is 89.4 Å². The van der Waals surface area contributed by atoms with E-state index in [1.54, 1.807) is 5.32 Å². The van der Waals surface area contributed by atoms with Crippen LogP contribution in [-0.4, -0.2) is 29.9 Å². The Hall–Kier alpha value is -2.18. The molecule has 0 bridgehead atoms. The van der Waals surface area contributed by atoms with Crippen LogP contribution in [0, 0.1) is 10.1 Å². The molecule has 0 unspecified atom stereocenters. The molecule has 0 aliphatic rings. The highest BCUT2D eigenvalue weighted by Gasteiger charge is 2.18. The minimum absolute atomic E-state index is 0.284. The van der Waals surface area contributed by atoms with Gasteiger partial charge in [0.15, 0.2) is 0 Å². The smallest absolute Gasteiger partial charge is 0.330 e. The second-order valence-corrected chi connectivity index (χ2v) is 2.44. The van der Waals surface area contributed by atoms with E-state index >= 15 is 0 Å². The van der Waals surface area contributed by atoms with E-state index in [1.165, 1.54) is 0 Å². The quantitative estimate of drug-likeness (QED) is 0.579. The van der Waals surface area contributed by atoms with Crippen molar-refractivity contribution in [2.24, 2.45) is 0 Å². The van der Waals surface area contributed by atoms with Gasteiger partial charge in [-0.25, -0.2) is 4.98 Å². The predicted octanol–water partition coefficient (Wildman–Crippen LogP) is 0.358. The van der Waals surface area contributed by atoms with E-state index in [2.05, 4.69) is 9.72 Å². The molecule has 7 heteroatoms. The van der Waals surface area contributed by atoms with Gasteiger partial charge in [0.25, 0.3) is 11.8 Å². The summed E-state index contributed by atoms with van der Waals surface area (Å²) >= 11 is 0. The van der Waals surface area contributed by atoms with Crippen molar-refractivity contribution in [1.82, 2.24) is 10.3 Å². The van der Waals surface area contributed by atoms with Crippen molar-refractivity contribution in [2.75, 3.05) is 14.1 Å². The lowest BCUT2D eigenvalue weighted by molar-refractivity contribution is -0.386. The van der Waals surface area contributed by atoms with Crippen molar-refractivity contribution in [3.63, 3.8) is 0 Å². The Morgan fingerprint density at radius 1 is 1.73 bits per heavy atom. The Kier molecular flexibility index (Phi) is 2.08. The second-order valence-electron chi connectivity index (χ2n) is 2.44. The average Bonchev–Trinajstić information content (AvgIpc) is 2.25. The SMILES string of the molecule is [2H]C([2H])([2H])NC(=O)c1ccc([N+](=O)[O-])c(OC)n1. The van der Waals surface area contributed by atoms with E-state index in [-0.39, 0.29) is 11.6 Å². The van der Waals surface area contributed by atoms with Gasteiger partial charge in [-0.2, -0.15) is 0 Å². The summed E-state index contributed by atoms with van der Waals surface area (Å²) in [5, 5.41) is 12.3. The molecule has 15 heavy (non-hydrogen) atoms. The third-order valence-corrected chi connectivity index (χ3v) is 1.58. The number of nitrogens with one attached hydrogen (secondary N) is 1. The number of pyridine rings is 1. The number of hydrogen-bond donors (Lipinski definition) is 1. The number of nitro groups is 1. The van der Waals surface area contributed by atoms with Crippen molar-refractivity contribution in [3.8, 4) is 5.88 Å². The minimum atomic E-state index is -2.66. The summed E-state index contributed by atoms with van der Waals surface area (Å²) in [5.74, 6) is -1.33. The summed E-state index contributed by atoms with van der Waals surface area (Å²) in [4.78, 5) is 24.9. The molecule has 1 aromatic heterocycles. The number of rotatable bonds is 3. The molecule has 0 fully saturated rings. The van der Waals surface area contributed by atoms with Crippen molar-refractivity contribution < 1.29 is 18.6 Å². The molecule has 0 aliphatic carbocycles. The summed E-state index contributed by atoms with van der Waals surface area (Å²) in [6, 6.07) is 2.06. The molecule has 0 aromatic carbocycles. The van der Waals surface area contributed by atoms with Crippen LogP contribution in [0.4, 0.5) is 5.69 Å². The molecular weight excluding hydrogens is 202 g/mol. The molecule has 80 valence electrons. The van der Waals surface area contributed by atoms with Crippen LogP contribution in [0.3, 0.4) is 0 Å². The third kappa shape index (κ3) is 2.19.